The minimum absolute atomic E-state index is 0.206. The summed E-state index contributed by atoms with van der Waals surface area (Å²) in [5, 5.41) is 4.21. The minimum Gasteiger partial charge on any atom is -0.370 e. The van der Waals surface area contributed by atoms with E-state index < -0.39 is 0 Å². The zero-order chi connectivity index (χ0) is 17.6. The molecular weight excluding hydrogens is 319 g/mol. The highest BCUT2D eigenvalue weighted by molar-refractivity contribution is 5.78. The van der Waals surface area contributed by atoms with Gasteiger partial charge in [0.05, 0.1) is 0 Å². The van der Waals surface area contributed by atoms with E-state index in [0.29, 0.717) is 18.4 Å². The third-order valence-corrected chi connectivity index (χ3v) is 4.42. The summed E-state index contributed by atoms with van der Waals surface area (Å²) in [6.07, 6.45) is 3.74. The fourth-order valence-corrected chi connectivity index (χ4v) is 2.98. The van der Waals surface area contributed by atoms with E-state index in [0.717, 1.165) is 38.4 Å². The van der Waals surface area contributed by atoms with Gasteiger partial charge in [-0.1, -0.05) is 6.92 Å². The molecule has 1 fully saturated rings. The molecule has 25 heavy (non-hydrogen) atoms. The fourth-order valence-electron chi connectivity index (χ4n) is 2.98. The van der Waals surface area contributed by atoms with Gasteiger partial charge >= 0.3 is 0 Å². The standard InChI is InChI=1S/C18H25FN6/c1-15(14-25-8-2-7-22-25)13-21-18(20)24-11-9-23(10-12-24)17-5-3-16(19)4-6-17/h2-8,15H,9-14H2,1H3,(H2,20,21). The Labute approximate surface area is 147 Å². The molecule has 1 unspecified atom stereocenters. The van der Waals surface area contributed by atoms with E-state index in [2.05, 4.69) is 26.8 Å². The van der Waals surface area contributed by atoms with Gasteiger partial charge in [-0.15, -0.1) is 0 Å². The Balaban J connectivity index is 1.47. The lowest BCUT2D eigenvalue weighted by Gasteiger charge is -2.36. The van der Waals surface area contributed by atoms with Crippen molar-refractivity contribution in [2.75, 3.05) is 37.6 Å². The van der Waals surface area contributed by atoms with E-state index in [1.54, 1.807) is 6.20 Å². The molecule has 2 N–H and O–H groups in total. The van der Waals surface area contributed by atoms with Crippen LogP contribution in [0.4, 0.5) is 10.1 Å². The number of benzene rings is 1. The Morgan fingerprint density at radius 1 is 1.24 bits per heavy atom. The van der Waals surface area contributed by atoms with Gasteiger partial charge in [-0.25, -0.2) is 4.39 Å². The summed E-state index contributed by atoms with van der Waals surface area (Å²) in [7, 11) is 0. The lowest BCUT2D eigenvalue weighted by atomic mass is 10.2. The topological polar surface area (TPSA) is 62.7 Å². The second-order valence-corrected chi connectivity index (χ2v) is 6.48. The van der Waals surface area contributed by atoms with E-state index >= 15 is 0 Å². The highest BCUT2D eigenvalue weighted by Gasteiger charge is 2.18. The van der Waals surface area contributed by atoms with Crippen LogP contribution < -0.4 is 10.6 Å². The van der Waals surface area contributed by atoms with Gasteiger partial charge in [-0.05, 0) is 36.2 Å². The number of anilines is 1. The maximum absolute atomic E-state index is 13.0. The highest BCUT2D eigenvalue weighted by atomic mass is 19.1. The molecular formula is C18H25FN6. The van der Waals surface area contributed by atoms with E-state index in [4.69, 9.17) is 5.73 Å². The summed E-state index contributed by atoms with van der Waals surface area (Å²) in [6.45, 7) is 7.01. The van der Waals surface area contributed by atoms with Gasteiger partial charge in [0.2, 0.25) is 0 Å². The van der Waals surface area contributed by atoms with Crippen molar-refractivity contribution in [1.82, 2.24) is 14.7 Å². The van der Waals surface area contributed by atoms with Crippen LogP contribution in [-0.2, 0) is 6.54 Å². The van der Waals surface area contributed by atoms with Crippen LogP contribution in [-0.4, -0.2) is 53.4 Å². The minimum atomic E-state index is -0.206. The second kappa shape index (κ2) is 8.00. The molecule has 2 aromatic rings. The number of hydrogen-bond acceptors (Lipinski definition) is 3. The summed E-state index contributed by atoms with van der Waals surface area (Å²) in [5.41, 5.74) is 7.21. The van der Waals surface area contributed by atoms with Crippen LogP contribution in [0.25, 0.3) is 0 Å². The largest absolute Gasteiger partial charge is 0.370 e. The first-order valence-electron chi connectivity index (χ1n) is 8.64. The Hall–Kier alpha value is -2.57. The first-order chi connectivity index (χ1) is 12.1. The summed E-state index contributed by atoms with van der Waals surface area (Å²) in [4.78, 5) is 8.90. The number of aromatic nitrogens is 2. The third kappa shape index (κ3) is 4.71. The molecule has 7 heteroatoms. The number of piperazine rings is 1. The number of nitrogens with zero attached hydrogens (tertiary/aromatic N) is 5. The predicted octanol–water partition coefficient (Wildman–Crippen LogP) is 1.80. The molecule has 1 saturated heterocycles. The molecule has 0 aliphatic carbocycles. The third-order valence-electron chi connectivity index (χ3n) is 4.42. The van der Waals surface area contributed by atoms with Crippen molar-refractivity contribution in [3.8, 4) is 0 Å². The Bertz CT molecular complexity index is 674. The predicted molar refractivity (Wildman–Crippen MR) is 98.1 cm³/mol. The maximum atomic E-state index is 13.0. The van der Waals surface area contributed by atoms with Crippen molar-refractivity contribution in [3.63, 3.8) is 0 Å². The fraction of sp³-hybridized carbons (Fsp3) is 0.444. The van der Waals surface area contributed by atoms with Gasteiger partial charge in [0.25, 0.3) is 0 Å². The van der Waals surface area contributed by atoms with Gasteiger partial charge < -0.3 is 15.5 Å². The molecule has 1 atom stereocenters. The molecule has 3 rings (SSSR count). The van der Waals surface area contributed by atoms with Gasteiger partial charge in [-0.3, -0.25) is 9.67 Å². The van der Waals surface area contributed by atoms with Gasteiger partial charge in [0.15, 0.2) is 5.96 Å². The van der Waals surface area contributed by atoms with Gasteiger partial charge in [0, 0.05) is 57.3 Å². The van der Waals surface area contributed by atoms with E-state index in [9.17, 15) is 4.39 Å². The first kappa shape index (κ1) is 17.3. The van der Waals surface area contributed by atoms with Crippen LogP contribution in [0.1, 0.15) is 6.92 Å². The molecule has 0 radical (unpaired) electrons. The molecule has 1 aromatic heterocycles. The summed E-state index contributed by atoms with van der Waals surface area (Å²) >= 11 is 0. The number of nitrogens with two attached hydrogens (primary N) is 1. The summed E-state index contributed by atoms with van der Waals surface area (Å²) < 4.78 is 14.9. The van der Waals surface area contributed by atoms with Crippen LogP contribution >= 0.6 is 0 Å². The van der Waals surface area contributed by atoms with Crippen LogP contribution in [0.2, 0.25) is 0 Å². The number of hydrogen-bond donors (Lipinski definition) is 1. The van der Waals surface area contributed by atoms with Crippen molar-refractivity contribution in [1.29, 1.82) is 0 Å². The zero-order valence-corrected chi connectivity index (χ0v) is 14.6. The van der Waals surface area contributed by atoms with Crippen molar-refractivity contribution < 1.29 is 4.39 Å². The average Bonchev–Trinajstić information content (AvgIpc) is 3.13. The van der Waals surface area contributed by atoms with Crippen molar-refractivity contribution in [2.24, 2.45) is 16.6 Å². The van der Waals surface area contributed by atoms with E-state index in [1.807, 2.05) is 29.1 Å². The molecule has 6 nitrogen and oxygen atoms in total. The van der Waals surface area contributed by atoms with Crippen molar-refractivity contribution in [2.45, 2.75) is 13.5 Å². The van der Waals surface area contributed by atoms with Crippen molar-refractivity contribution in [3.05, 3.63) is 48.5 Å². The average molecular weight is 344 g/mol. The maximum Gasteiger partial charge on any atom is 0.191 e. The number of guanidine groups is 1. The molecule has 134 valence electrons. The van der Waals surface area contributed by atoms with Crippen LogP contribution in [0.15, 0.2) is 47.7 Å². The van der Waals surface area contributed by atoms with Crippen molar-refractivity contribution >= 4 is 11.6 Å². The van der Waals surface area contributed by atoms with Gasteiger partial charge in [0.1, 0.15) is 5.82 Å². The number of halogens is 1. The van der Waals surface area contributed by atoms with E-state index in [1.165, 1.54) is 12.1 Å². The zero-order valence-electron chi connectivity index (χ0n) is 14.6. The molecule has 1 aromatic carbocycles. The molecule has 1 aliphatic rings. The molecule has 0 amide bonds. The molecule has 0 spiro atoms. The number of aliphatic imine (C=N–C) groups is 1. The summed E-state index contributed by atoms with van der Waals surface area (Å²) in [5.74, 6) is 0.771. The Morgan fingerprint density at radius 2 is 1.96 bits per heavy atom. The van der Waals surface area contributed by atoms with Crippen LogP contribution in [0.5, 0.6) is 0 Å². The monoisotopic (exact) mass is 344 g/mol. The highest BCUT2D eigenvalue weighted by Crippen LogP contribution is 2.16. The first-order valence-corrected chi connectivity index (χ1v) is 8.64. The second-order valence-electron chi connectivity index (χ2n) is 6.48. The smallest absolute Gasteiger partial charge is 0.191 e. The quantitative estimate of drug-likeness (QED) is 0.664. The lowest BCUT2D eigenvalue weighted by molar-refractivity contribution is 0.378. The lowest BCUT2D eigenvalue weighted by Crippen LogP contribution is -2.51. The normalized spacial score (nSPS) is 17.0. The molecule has 0 bridgehead atoms. The van der Waals surface area contributed by atoms with E-state index in [-0.39, 0.29) is 5.82 Å². The van der Waals surface area contributed by atoms with Crippen LogP contribution in [0, 0.1) is 11.7 Å². The molecule has 1 aliphatic heterocycles. The van der Waals surface area contributed by atoms with Gasteiger partial charge in [-0.2, -0.15) is 5.10 Å². The molecule has 0 saturated carbocycles. The Morgan fingerprint density at radius 3 is 2.60 bits per heavy atom. The number of rotatable bonds is 5. The SMILES string of the molecule is CC(CN=C(N)N1CCN(c2ccc(F)cc2)CC1)Cn1cccn1. The summed E-state index contributed by atoms with van der Waals surface area (Å²) in [6, 6.07) is 8.56. The Kier molecular flexibility index (Phi) is 5.53. The molecule has 2 heterocycles. The van der Waals surface area contributed by atoms with Crippen LogP contribution in [0.3, 0.4) is 0 Å².